The summed E-state index contributed by atoms with van der Waals surface area (Å²) < 4.78 is 0.753. The molecule has 0 aromatic carbocycles. The van der Waals surface area contributed by atoms with Crippen molar-refractivity contribution in [3.63, 3.8) is 0 Å². The zero-order chi connectivity index (χ0) is 12.6. The van der Waals surface area contributed by atoms with Gasteiger partial charge in [-0.05, 0) is 0 Å². The number of hydrogen-bond donors (Lipinski definition) is 3. The standard InChI is InChI=1S/C9H10N4O4/c10-5(14)3-4-7(15)8(16)13-6(12-4)1-2-11-9(13)17/h15H,1-3H2,(H2,10,14)(H,11,17). The number of aromatic nitrogens is 2. The lowest BCUT2D eigenvalue weighted by Gasteiger charge is -2.18. The first-order valence-corrected chi connectivity index (χ1v) is 4.91. The highest BCUT2D eigenvalue weighted by molar-refractivity contribution is 5.79. The predicted molar refractivity (Wildman–Crippen MR) is 55.6 cm³/mol. The van der Waals surface area contributed by atoms with Crippen LogP contribution in [0, 0.1) is 0 Å². The number of rotatable bonds is 2. The van der Waals surface area contributed by atoms with Crippen molar-refractivity contribution in [2.45, 2.75) is 12.8 Å². The van der Waals surface area contributed by atoms with Crippen LogP contribution < -0.4 is 16.6 Å². The van der Waals surface area contributed by atoms with E-state index in [1.165, 1.54) is 0 Å². The fourth-order valence-electron chi connectivity index (χ4n) is 1.63. The number of carbonyl (C=O) groups is 2. The van der Waals surface area contributed by atoms with E-state index in [0.717, 1.165) is 4.57 Å². The minimum atomic E-state index is -0.886. The zero-order valence-electron chi connectivity index (χ0n) is 8.77. The molecule has 1 aliphatic rings. The molecule has 0 bridgehead atoms. The van der Waals surface area contributed by atoms with E-state index in [2.05, 4.69) is 10.3 Å². The van der Waals surface area contributed by atoms with Crippen molar-refractivity contribution in [1.82, 2.24) is 14.9 Å². The lowest BCUT2D eigenvalue weighted by molar-refractivity contribution is -0.117. The van der Waals surface area contributed by atoms with Crippen molar-refractivity contribution in [3.05, 3.63) is 21.9 Å². The molecule has 1 aromatic heterocycles. The Hall–Kier alpha value is -2.38. The number of nitrogens with one attached hydrogen (secondary N) is 1. The zero-order valence-corrected chi connectivity index (χ0v) is 8.77. The number of amides is 2. The summed E-state index contributed by atoms with van der Waals surface area (Å²) in [5.41, 5.74) is 3.99. The van der Waals surface area contributed by atoms with Gasteiger partial charge in [-0.3, -0.25) is 9.59 Å². The summed E-state index contributed by atoms with van der Waals surface area (Å²) in [5.74, 6) is -1.21. The van der Waals surface area contributed by atoms with Crippen LogP contribution in [0.1, 0.15) is 11.5 Å². The molecule has 1 aliphatic heterocycles. The van der Waals surface area contributed by atoms with Crippen molar-refractivity contribution in [1.29, 1.82) is 0 Å². The minimum Gasteiger partial charge on any atom is -0.502 e. The largest absolute Gasteiger partial charge is 0.502 e. The Balaban J connectivity index is 2.61. The van der Waals surface area contributed by atoms with Gasteiger partial charge in [0.1, 0.15) is 5.82 Å². The van der Waals surface area contributed by atoms with E-state index in [0.29, 0.717) is 13.0 Å². The second-order valence-corrected chi connectivity index (χ2v) is 3.59. The fraction of sp³-hybridized carbons (Fsp3) is 0.333. The van der Waals surface area contributed by atoms with Gasteiger partial charge >= 0.3 is 11.6 Å². The summed E-state index contributed by atoms with van der Waals surface area (Å²) in [4.78, 5) is 37.8. The first kappa shape index (κ1) is 11.1. The molecule has 8 nitrogen and oxygen atoms in total. The molecule has 2 amide bonds. The molecule has 1 aromatic rings. The predicted octanol–water partition coefficient (Wildman–Crippen LogP) is -1.91. The lowest BCUT2D eigenvalue weighted by Crippen LogP contribution is -2.44. The number of nitrogens with zero attached hydrogens (tertiary/aromatic N) is 2. The quantitative estimate of drug-likeness (QED) is 0.554. The van der Waals surface area contributed by atoms with Crippen LogP contribution in [0.4, 0.5) is 4.79 Å². The third-order valence-corrected chi connectivity index (χ3v) is 2.37. The average Bonchev–Trinajstić information content (AvgIpc) is 2.24. The molecule has 2 rings (SSSR count). The first-order valence-electron chi connectivity index (χ1n) is 4.91. The van der Waals surface area contributed by atoms with Crippen LogP contribution in [0.15, 0.2) is 4.79 Å². The molecule has 0 atom stereocenters. The average molecular weight is 238 g/mol. The highest BCUT2D eigenvalue weighted by Gasteiger charge is 2.23. The van der Waals surface area contributed by atoms with E-state index in [1.807, 2.05) is 0 Å². The molecular weight excluding hydrogens is 228 g/mol. The third kappa shape index (κ3) is 1.84. The number of aromatic hydroxyl groups is 1. The maximum Gasteiger partial charge on any atom is 0.330 e. The Labute approximate surface area is 95.1 Å². The first-order chi connectivity index (χ1) is 8.00. The van der Waals surface area contributed by atoms with Crippen LogP contribution in [0.25, 0.3) is 0 Å². The summed E-state index contributed by atoms with van der Waals surface area (Å²) in [6, 6.07) is -0.635. The molecule has 0 saturated carbocycles. The molecule has 4 N–H and O–H groups in total. The molecule has 0 fully saturated rings. The van der Waals surface area contributed by atoms with Gasteiger partial charge in [-0.1, -0.05) is 0 Å². The van der Waals surface area contributed by atoms with E-state index in [9.17, 15) is 19.5 Å². The Bertz CT molecular complexity index is 563. The fourth-order valence-corrected chi connectivity index (χ4v) is 1.63. The number of fused-ring (bicyclic) bond motifs is 1. The maximum atomic E-state index is 11.7. The third-order valence-electron chi connectivity index (χ3n) is 2.37. The van der Waals surface area contributed by atoms with Crippen molar-refractivity contribution in [2.75, 3.05) is 6.54 Å². The molecule has 0 aliphatic carbocycles. The van der Waals surface area contributed by atoms with Crippen LogP contribution >= 0.6 is 0 Å². The monoisotopic (exact) mass is 238 g/mol. The van der Waals surface area contributed by atoms with Crippen LogP contribution in [-0.2, 0) is 17.6 Å². The van der Waals surface area contributed by atoms with E-state index < -0.39 is 23.2 Å². The summed E-state index contributed by atoms with van der Waals surface area (Å²) >= 11 is 0. The van der Waals surface area contributed by atoms with Gasteiger partial charge in [0.05, 0.1) is 12.1 Å². The molecule has 2 heterocycles. The van der Waals surface area contributed by atoms with E-state index >= 15 is 0 Å². The lowest BCUT2D eigenvalue weighted by atomic mass is 10.2. The summed E-state index contributed by atoms with van der Waals surface area (Å²) in [5, 5.41) is 12.0. The Morgan fingerprint density at radius 2 is 2.24 bits per heavy atom. The summed E-state index contributed by atoms with van der Waals surface area (Å²) in [6.45, 7) is 0.353. The Morgan fingerprint density at radius 3 is 2.88 bits per heavy atom. The number of nitrogens with two attached hydrogens (primary N) is 1. The van der Waals surface area contributed by atoms with Gasteiger partial charge in [0.2, 0.25) is 11.7 Å². The van der Waals surface area contributed by atoms with E-state index in [4.69, 9.17) is 5.73 Å². The highest BCUT2D eigenvalue weighted by Crippen LogP contribution is 2.12. The molecule has 0 spiro atoms. The SMILES string of the molecule is NC(=O)Cc1nc2n(c(=O)c1O)C(=O)NCC2. The van der Waals surface area contributed by atoms with Gasteiger partial charge in [0.25, 0.3) is 0 Å². The molecule has 0 saturated heterocycles. The summed E-state index contributed by atoms with van der Waals surface area (Å²) in [6.07, 6.45) is 0.0174. The van der Waals surface area contributed by atoms with Crippen molar-refractivity contribution >= 4 is 11.9 Å². The molecule has 0 unspecified atom stereocenters. The van der Waals surface area contributed by atoms with Crippen molar-refractivity contribution in [3.8, 4) is 5.75 Å². The van der Waals surface area contributed by atoms with Gasteiger partial charge in [0, 0.05) is 13.0 Å². The van der Waals surface area contributed by atoms with Crippen LogP contribution in [0.2, 0.25) is 0 Å². The van der Waals surface area contributed by atoms with E-state index in [-0.39, 0.29) is 17.9 Å². The Morgan fingerprint density at radius 1 is 1.53 bits per heavy atom. The molecular formula is C9H10N4O4. The van der Waals surface area contributed by atoms with Crippen LogP contribution in [0.5, 0.6) is 5.75 Å². The molecule has 90 valence electrons. The van der Waals surface area contributed by atoms with Gasteiger partial charge in [-0.25, -0.2) is 14.3 Å². The van der Waals surface area contributed by atoms with Gasteiger partial charge in [0.15, 0.2) is 0 Å². The second-order valence-electron chi connectivity index (χ2n) is 3.59. The van der Waals surface area contributed by atoms with Gasteiger partial charge in [-0.2, -0.15) is 0 Å². The second kappa shape index (κ2) is 3.89. The topological polar surface area (TPSA) is 127 Å². The molecule has 17 heavy (non-hydrogen) atoms. The van der Waals surface area contributed by atoms with Crippen molar-refractivity contribution < 1.29 is 14.7 Å². The van der Waals surface area contributed by atoms with Crippen LogP contribution in [0.3, 0.4) is 0 Å². The number of carbonyl (C=O) groups excluding carboxylic acids is 2. The van der Waals surface area contributed by atoms with Crippen molar-refractivity contribution in [2.24, 2.45) is 5.73 Å². The minimum absolute atomic E-state index is 0.0940. The van der Waals surface area contributed by atoms with Crippen LogP contribution in [-0.4, -0.2) is 33.1 Å². The normalized spacial score (nSPS) is 14.0. The van der Waals surface area contributed by atoms with E-state index in [1.54, 1.807) is 0 Å². The smallest absolute Gasteiger partial charge is 0.330 e. The van der Waals surface area contributed by atoms with Gasteiger partial charge < -0.3 is 16.2 Å². The van der Waals surface area contributed by atoms with Gasteiger partial charge in [-0.15, -0.1) is 0 Å². The summed E-state index contributed by atoms with van der Waals surface area (Å²) in [7, 11) is 0. The highest BCUT2D eigenvalue weighted by atomic mass is 16.3. The molecule has 8 heteroatoms. The Kier molecular flexibility index (Phi) is 2.54. The number of primary amides is 1. The maximum absolute atomic E-state index is 11.7. The molecule has 0 radical (unpaired) electrons. The number of hydrogen-bond acceptors (Lipinski definition) is 5.